The summed E-state index contributed by atoms with van der Waals surface area (Å²) in [5.74, 6) is -0.459. The number of hydrogen-bond donors (Lipinski definition) is 1. The van der Waals surface area contributed by atoms with Crippen LogP contribution < -0.4 is 5.32 Å². The van der Waals surface area contributed by atoms with E-state index in [4.69, 9.17) is 11.6 Å². The summed E-state index contributed by atoms with van der Waals surface area (Å²) in [6.45, 7) is 6.03. The second-order valence-corrected chi connectivity index (χ2v) is 6.82. The minimum absolute atomic E-state index is 0.166. The van der Waals surface area contributed by atoms with Crippen molar-refractivity contribution in [3.05, 3.63) is 34.6 Å². The largest absolute Gasteiger partial charge is 0.336 e. The Morgan fingerprint density at radius 1 is 1.28 bits per heavy atom. The van der Waals surface area contributed by atoms with E-state index in [2.05, 4.69) is 15.1 Å². The van der Waals surface area contributed by atoms with Crippen LogP contribution in [0.1, 0.15) is 12.5 Å². The predicted octanol–water partition coefficient (Wildman–Crippen LogP) is 1.54. The Hall–Kier alpha value is -1.70. The van der Waals surface area contributed by atoms with Crippen LogP contribution in [0.25, 0.3) is 0 Å². The third kappa shape index (κ3) is 3.94. The number of amides is 3. The Balaban J connectivity index is 1.55. The molecule has 0 aliphatic carbocycles. The van der Waals surface area contributed by atoms with E-state index in [-0.39, 0.29) is 23.8 Å². The first-order chi connectivity index (χ1) is 12.0. The lowest BCUT2D eigenvalue weighted by molar-refractivity contribution is -0.133. The molecule has 1 aromatic carbocycles. The first-order valence-electron chi connectivity index (χ1n) is 8.46. The summed E-state index contributed by atoms with van der Waals surface area (Å²) in [4.78, 5) is 29.6. The van der Waals surface area contributed by atoms with Crippen LogP contribution in [0.5, 0.6) is 0 Å². The molecule has 0 spiro atoms. The van der Waals surface area contributed by atoms with Gasteiger partial charge < -0.3 is 5.32 Å². The second kappa shape index (κ2) is 7.68. The Labute approximate surface area is 151 Å². The van der Waals surface area contributed by atoms with Crippen LogP contribution >= 0.6 is 11.6 Å². The average molecular weight is 369 g/mol. The molecule has 3 amide bonds. The highest BCUT2D eigenvalue weighted by Crippen LogP contribution is 2.21. The van der Waals surface area contributed by atoms with E-state index in [0.717, 1.165) is 0 Å². The van der Waals surface area contributed by atoms with Crippen LogP contribution in [0.4, 0.5) is 9.18 Å². The van der Waals surface area contributed by atoms with Gasteiger partial charge in [0.05, 0.1) is 6.04 Å². The molecule has 2 aliphatic rings. The van der Waals surface area contributed by atoms with Crippen LogP contribution in [0.15, 0.2) is 18.2 Å². The summed E-state index contributed by atoms with van der Waals surface area (Å²) >= 11 is 6.09. The van der Waals surface area contributed by atoms with Gasteiger partial charge in [-0.2, -0.15) is 0 Å². The van der Waals surface area contributed by atoms with Gasteiger partial charge in [0.25, 0.3) is 0 Å². The molecule has 2 fully saturated rings. The maximum absolute atomic E-state index is 13.9. The zero-order chi connectivity index (χ0) is 18.0. The highest BCUT2D eigenvalue weighted by Gasteiger charge is 2.33. The van der Waals surface area contributed by atoms with Crippen LogP contribution in [0.3, 0.4) is 0 Å². The molecule has 1 aromatic rings. The molecule has 2 heterocycles. The Kier molecular flexibility index (Phi) is 5.56. The number of carbonyl (C=O) groups is 2. The third-order valence-electron chi connectivity index (χ3n) is 4.88. The average Bonchev–Trinajstić information content (AvgIpc) is 3.03. The maximum Gasteiger partial charge on any atom is 0.324 e. The van der Waals surface area contributed by atoms with Crippen LogP contribution in [-0.2, 0) is 11.3 Å². The molecule has 0 aromatic heterocycles. The smallest absolute Gasteiger partial charge is 0.324 e. The zero-order valence-corrected chi connectivity index (χ0v) is 14.9. The lowest BCUT2D eigenvalue weighted by Crippen LogP contribution is -2.54. The van der Waals surface area contributed by atoms with Gasteiger partial charge in [0, 0.05) is 56.4 Å². The summed E-state index contributed by atoms with van der Waals surface area (Å²) in [6, 6.07) is 4.05. The van der Waals surface area contributed by atoms with Crippen molar-refractivity contribution in [3.63, 3.8) is 0 Å². The van der Waals surface area contributed by atoms with Gasteiger partial charge in [-0.25, -0.2) is 9.18 Å². The molecule has 2 aliphatic heterocycles. The van der Waals surface area contributed by atoms with Crippen LogP contribution in [0, 0.1) is 5.82 Å². The highest BCUT2D eigenvalue weighted by molar-refractivity contribution is 6.31. The van der Waals surface area contributed by atoms with Gasteiger partial charge in [-0.3, -0.25) is 19.5 Å². The minimum atomic E-state index is -0.344. The fraction of sp³-hybridized carbons (Fsp3) is 0.529. The van der Waals surface area contributed by atoms with Gasteiger partial charge in [0.1, 0.15) is 5.82 Å². The number of nitrogens with one attached hydrogen (secondary N) is 1. The molecular formula is C17H22ClFN4O2. The molecule has 8 heteroatoms. The van der Waals surface area contributed by atoms with Gasteiger partial charge in [0.2, 0.25) is 5.91 Å². The lowest BCUT2D eigenvalue weighted by atomic mass is 10.1. The van der Waals surface area contributed by atoms with Crippen molar-refractivity contribution in [2.24, 2.45) is 0 Å². The zero-order valence-electron chi connectivity index (χ0n) is 14.2. The van der Waals surface area contributed by atoms with E-state index in [0.29, 0.717) is 56.4 Å². The summed E-state index contributed by atoms with van der Waals surface area (Å²) in [5, 5.41) is 3.08. The molecule has 0 radical (unpaired) electrons. The molecule has 0 saturated carbocycles. The van der Waals surface area contributed by atoms with Crippen molar-refractivity contribution < 1.29 is 14.0 Å². The van der Waals surface area contributed by atoms with E-state index >= 15 is 0 Å². The van der Waals surface area contributed by atoms with Crippen molar-refractivity contribution in [2.75, 3.05) is 39.3 Å². The van der Waals surface area contributed by atoms with Gasteiger partial charge in [0.15, 0.2) is 0 Å². The fourth-order valence-corrected chi connectivity index (χ4v) is 3.50. The Morgan fingerprint density at radius 2 is 2.00 bits per heavy atom. The van der Waals surface area contributed by atoms with Crippen LogP contribution in [0.2, 0.25) is 5.02 Å². The molecule has 1 N–H and O–H groups in total. The van der Waals surface area contributed by atoms with Gasteiger partial charge in [-0.05, 0) is 19.1 Å². The van der Waals surface area contributed by atoms with E-state index in [1.807, 2.05) is 6.92 Å². The van der Waals surface area contributed by atoms with Gasteiger partial charge in [-0.15, -0.1) is 0 Å². The number of hydrogen-bond acceptors (Lipinski definition) is 4. The molecule has 3 rings (SSSR count). The number of rotatable bonds is 4. The molecule has 25 heavy (non-hydrogen) atoms. The normalized spacial score (nSPS) is 20.6. The number of nitrogens with zero attached hydrogens (tertiary/aromatic N) is 3. The molecule has 0 bridgehead atoms. The number of urea groups is 1. The van der Waals surface area contributed by atoms with Crippen molar-refractivity contribution >= 4 is 23.5 Å². The highest BCUT2D eigenvalue weighted by atomic mass is 35.5. The van der Waals surface area contributed by atoms with E-state index in [1.54, 1.807) is 12.1 Å². The van der Waals surface area contributed by atoms with E-state index < -0.39 is 0 Å². The van der Waals surface area contributed by atoms with E-state index in [1.165, 1.54) is 11.0 Å². The topological polar surface area (TPSA) is 55.9 Å². The Bertz CT molecular complexity index is 644. The first kappa shape index (κ1) is 18.1. The summed E-state index contributed by atoms with van der Waals surface area (Å²) < 4.78 is 13.9. The quantitative estimate of drug-likeness (QED) is 0.876. The fourth-order valence-electron chi connectivity index (χ4n) is 3.28. The molecule has 6 nitrogen and oxygen atoms in total. The molecule has 1 atom stereocenters. The number of imide groups is 1. The lowest BCUT2D eigenvalue weighted by Gasteiger charge is -2.38. The van der Waals surface area contributed by atoms with E-state index in [9.17, 15) is 14.0 Å². The standard InChI is InChI=1S/C17H22ClFN4O2/c1-12(16(24)23-6-5-20-17(23)25)22-9-7-21(8-10-22)11-13-14(18)3-2-4-15(13)19/h2-4,12H,5-11H2,1H3,(H,20,25)/t12-/m1/s1. The molecular weight excluding hydrogens is 347 g/mol. The van der Waals surface area contributed by atoms with Gasteiger partial charge >= 0.3 is 6.03 Å². The predicted molar refractivity (Wildman–Crippen MR) is 92.8 cm³/mol. The van der Waals surface area contributed by atoms with Crippen molar-refractivity contribution in [3.8, 4) is 0 Å². The molecule has 136 valence electrons. The molecule has 0 unspecified atom stereocenters. The Morgan fingerprint density at radius 3 is 2.60 bits per heavy atom. The molecule has 2 saturated heterocycles. The SMILES string of the molecule is C[C@H](C(=O)N1CCNC1=O)N1CCN(Cc2c(F)cccc2Cl)CC1. The number of carbonyl (C=O) groups excluding carboxylic acids is 2. The van der Waals surface area contributed by atoms with Crippen molar-refractivity contribution in [2.45, 2.75) is 19.5 Å². The first-order valence-corrected chi connectivity index (χ1v) is 8.83. The number of halogens is 2. The van der Waals surface area contributed by atoms with Gasteiger partial charge in [-0.1, -0.05) is 17.7 Å². The number of benzene rings is 1. The van der Waals surface area contributed by atoms with Crippen molar-refractivity contribution in [1.29, 1.82) is 0 Å². The summed E-state index contributed by atoms with van der Waals surface area (Å²) in [7, 11) is 0. The summed E-state index contributed by atoms with van der Waals surface area (Å²) in [5.41, 5.74) is 0.510. The maximum atomic E-state index is 13.9. The monoisotopic (exact) mass is 368 g/mol. The third-order valence-corrected chi connectivity index (χ3v) is 5.23. The van der Waals surface area contributed by atoms with Crippen molar-refractivity contribution in [1.82, 2.24) is 20.0 Å². The summed E-state index contributed by atoms with van der Waals surface area (Å²) in [6.07, 6.45) is 0. The number of piperazine rings is 1. The minimum Gasteiger partial charge on any atom is -0.336 e. The second-order valence-electron chi connectivity index (χ2n) is 6.41. The van der Waals surface area contributed by atoms with Crippen LogP contribution in [-0.4, -0.2) is 71.9 Å².